The Morgan fingerprint density at radius 1 is 1.09 bits per heavy atom. The molecule has 1 aromatic heterocycles. The van der Waals surface area contributed by atoms with Gasteiger partial charge in [0.05, 0.1) is 29.8 Å². The highest BCUT2D eigenvalue weighted by Gasteiger charge is 2.40. The molecule has 0 radical (unpaired) electrons. The van der Waals surface area contributed by atoms with Crippen molar-refractivity contribution in [1.29, 1.82) is 5.26 Å². The van der Waals surface area contributed by atoms with Gasteiger partial charge in [0.15, 0.2) is 0 Å². The normalized spacial score (nSPS) is 19.2. The molecule has 1 amide bonds. The molecule has 174 valence electrons. The van der Waals surface area contributed by atoms with Crippen LogP contribution in [-0.2, 0) is 16.4 Å². The van der Waals surface area contributed by atoms with Crippen LogP contribution in [0.4, 0.5) is 19.0 Å². The molecule has 0 unspecified atom stereocenters. The molecule has 7 nitrogen and oxygen atoms in total. The molecular formula is C23H25F3N6O. The summed E-state index contributed by atoms with van der Waals surface area (Å²) in [5, 5.41) is 9.84. The summed E-state index contributed by atoms with van der Waals surface area (Å²) < 4.78 is 39.4. The largest absolute Gasteiger partial charge is 0.416 e. The Hall–Kier alpha value is -3.19. The van der Waals surface area contributed by atoms with E-state index in [1.54, 1.807) is 29.6 Å². The van der Waals surface area contributed by atoms with Crippen LogP contribution in [0.5, 0.6) is 0 Å². The van der Waals surface area contributed by atoms with Gasteiger partial charge in [0, 0.05) is 51.7 Å². The van der Waals surface area contributed by atoms with Gasteiger partial charge in [0.1, 0.15) is 5.82 Å². The molecule has 4 rings (SSSR count). The van der Waals surface area contributed by atoms with Gasteiger partial charge >= 0.3 is 6.18 Å². The molecule has 0 bridgehead atoms. The summed E-state index contributed by atoms with van der Waals surface area (Å²) in [6.45, 7) is 3.94. The maximum atomic E-state index is 13.1. The molecule has 10 heteroatoms. The first-order valence-corrected chi connectivity index (χ1v) is 10.9. The lowest BCUT2D eigenvalue weighted by Crippen LogP contribution is -2.52. The smallest absolute Gasteiger partial charge is 0.353 e. The second kappa shape index (κ2) is 9.35. The van der Waals surface area contributed by atoms with E-state index in [4.69, 9.17) is 0 Å². The second-order valence-electron chi connectivity index (χ2n) is 8.48. The lowest BCUT2D eigenvalue weighted by atomic mass is 9.73. The number of piperazine rings is 1. The number of carbonyl (C=O) groups is 1. The third-order valence-electron chi connectivity index (χ3n) is 6.53. The van der Waals surface area contributed by atoms with Crippen molar-refractivity contribution in [2.24, 2.45) is 0 Å². The average Bonchev–Trinajstić information content (AvgIpc) is 2.84. The van der Waals surface area contributed by atoms with Gasteiger partial charge in [0.25, 0.3) is 0 Å². The first-order valence-electron chi connectivity index (χ1n) is 10.9. The number of aromatic nitrogens is 2. The van der Waals surface area contributed by atoms with Crippen molar-refractivity contribution in [3.63, 3.8) is 0 Å². The summed E-state index contributed by atoms with van der Waals surface area (Å²) in [6, 6.07) is 7.24. The minimum atomic E-state index is -4.46. The molecule has 2 aliphatic heterocycles. The van der Waals surface area contributed by atoms with E-state index in [0.29, 0.717) is 31.5 Å². The van der Waals surface area contributed by atoms with Gasteiger partial charge in [-0.25, -0.2) is 4.98 Å². The van der Waals surface area contributed by atoms with Gasteiger partial charge < -0.3 is 9.80 Å². The number of nitriles is 1. The highest BCUT2D eigenvalue weighted by molar-refractivity contribution is 5.78. The summed E-state index contributed by atoms with van der Waals surface area (Å²) in [6.07, 6.45) is 1.18. The van der Waals surface area contributed by atoms with Gasteiger partial charge in [0.2, 0.25) is 5.91 Å². The number of hydrogen-bond donors (Lipinski definition) is 0. The first-order chi connectivity index (χ1) is 15.8. The fourth-order valence-corrected chi connectivity index (χ4v) is 4.48. The predicted octanol–water partition coefficient (Wildman–Crippen LogP) is 2.70. The van der Waals surface area contributed by atoms with Gasteiger partial charge in [-0.1, -0.05) is 18.2 Å². The molecule has 0 aliphatic carbocycles. The maximum Gasteiger partial charge on any atom is 0.416 e. The zero-order valence-corrected chi connectivity index (χ0v) is 18.1. The third-order valence-corrected chi connectivity index (χ3v) is 6.53. The number of likely N-dealkylation sites (tertiary alicyclic amines) is 1. The van der Waals surface area contributed by atoms with Crippen molar-refractivity contribution < 1.29 is 18.0 Å². The lowest BCUT2D eigenvalue weighted by molar-refractivity contribution is -0.137. The van der Waals surface area contributed by atoms with Crippen LogP contribution in [0.15, 0.2) is 42.9 Å². The van der Waals surface area contributed by atoms with Crippen LogP contribution in [0, 0.1) is 11.3 Å². The quantitative estimate of drug-likeness (QED) is 0.701. The van der Waals surface area contributed by atoms with Crippen LogP contribution < -0.4 is 4.90 Å². The predicted molar refractivity (Wildman–Crippen MR) is 115 cm³/mol. The van der Waals surface area contributed by atoms with Crippen LogP contribution in [-0.4, -0.2) is 71.5 Å². The number of hydrogen-bond acceptors (Lipinski definition) is 6. The second-order valence-corrected chi connectivity index (χ2v) is 8.48. The van der Waals surface area contributed by atoms with E-state index in [9.17, 15) is 23.2 Å². The van der Waals surface area contributed by atoms with Crippen LogP contribution in [0.3, 0.4) is 0 Å². The number of halogens is 3. The zero-order valence-electron chi connectivity index (χ0n) is 18.1. The van der Waals surface area contributed by atoms with E-state index in [2.05, 4.69) is 25.8 Å². The van der Waals surface area contributed by atoms with E-state index < -0.39 is 17.2 Å². The summed E-state index contributed by atoms with van der Waals surface area (Å²) in [5.74, 6) is 0.806. The highest BCUT2D eigenvalue weighted by Crippen LogP contribution is 2.38. The summed E-state index contributed by atoms with van der Waals surface area (Å²) in [7, 11) is 0. The Morgan fingerprint density at radius 2 is 1.82 bits per heavy atom. The monoisotopic (exact) mass is 458 g/mol. The fourth-order valence-electron chi connectivity index (χ4n) is 4.48. The Morgan fingerprint density at radius 3 is 2.42 bits per heavy atom. The molecule has 2 aliphatic rings. The van der Waals surface area contributed by atoms with Crippen LogP contribution in [0.1, 0.15) is 24.0 Å². The van der Waals surface area contributed by atoms with Crippen LogP contribution >= 0.6 is 0 Å². The number of anilines is 1. The SMILES string of the molecule is N#CC1(c2cccc(C(F)(F)F)c2)CCN(C(=O)CN2CCN(c3cnccn3)CC2)CC1. The Labute approximate surface area is 190 Å². The first kappa shape index (κ1) is 23.0. The van der Waals surface area contributed by atoms with E-state index in [0.717, 1.165) is 44.1 Å². The number of alkyl halides is 3. The summed E-state index contributed by atoms with van der Waals surface area (Å²) >= 11 is 0. The van der Waals surface area contributed by atoms with Crippen LogP contribution in [0.25, 0.3) is 0 Å². The Balaban J connectivity index is 1.32. The number of piperidine rings is 1. The molecule has 0 spiro atoms. The number of rotatable bonds is 4. The molecule has 0 atom stereocenters. The molecule has 2 saturated heterocycles. The van der Waals surface area contributed by atoms with E-state index in [-0.39, 0.29) is 12.5 Å². The molecule has 0 N–H and O–H groups in total. The van der Waals surface area contributed by atoms with Gasteiger partial charge in [-0.05, 0) is 24.5 Å². The van der Waals surface area contributed by atoms with Gasteiger partial charge in [-0.3, -0.25) is 14.7 Å². The number of nitrogens with zero attached hydrogens (tertiary/aromatic N) is 6. The Bertz CT molecular complexity index is 1010. The van der Waals surface area contributed by atoms with Gasteiger partial charge in [-0.15, -0.1) is 0 Å². The molecule has 1 aromatic carbocycles. The molecule has 0 saturated carbocycles. The number of carbonyl (C=O) groups excluding carboxylic acids is 1. The molecule has 2 aromatic rings. The summed E-state index contributed by atoms with van der Waals surface area (Å²) in [5.41, 5.74) is -1.40. The molecule has 3 heterocycles. The van der Waals surface area contributed by atoms with Crippen molar-refractivity contribution in [3.05, 3.63) is 54.0 Å². The van der Waals surface area contributed by atoms with E-state index in [1.807, 2.05) is 0 Å². The zero-order chi connectivity index (χ0) is 23.5. The molecule has 2 fully saturated rings. The van der Waals surface area contributed by atoms with Crippen LogP contribution in [0.2, 0.25) is 0 Å². The van der Waals surface area contributed by atoms with Crippen molar-refractivity contribution in [2.45, 2.75) is 24.4 Å². The van der Waals surface area contributed by atoms with Crippen molar-refractivity contribution >= 4 is 11.7 Å². The average molecular weight is 458 g/mol. The highest BCUT2D eigenvalue weighted by atomic mass is 19.4. The summed E-state index contributed by atoms with van der Waals surface area (Å²) in [4.78, 5) is 27.2. The molecule has 33 heavy (non-hydrogen) atoms. The topological polar surface area (TPSA) is 76.4 Å². The number of amides is 1. The fraction of sp³-hybridized carbons (Fsp3) is 0.478. The van der Waals surface area contributed by atoms with E-state index >= 15 is 0 Å². The van der Waals surface area contributed by atoms with Crippen molar-refractivity contribution in [1.82, 2.24) is 19.8 Å². The van der Waals surface area contributed by atoms with Crippen molar-refractivity contribution in [3.8, 4) is 6.07 Å². The Kier molecular flexibility index (Phi) is 6.51. The standard InChI is InChI=1S/C23H25F3N6O/c24-23(25,26)19-3-1-2-18(14-19)22(17-27)4-8-32(9-5-22)21(33)16-30-10-12-31(13-11-30)20-15-28-6-7-29-20/h1-3,6-7,14-15H,4-5,8-13,16H2. The number of benzene rings is 1. The van der Waals surface area contributed by atoms with E-state index in [1.165, 1.54) is 6.07 Å². The third kappa shape index (κ3) is 5.09. The van der Waals surface area contributed by atoms with Crippen molar-refractivity contribution in [2.75, 3.05) is 50.7 Å². The van der Waals surface area contributed by atoms with Gasteiger partial charge in [-0.2, -0.15) is 18.4 Å². The molecular weight excluding hydrogens is 433 g/mol. The minimum absolute atomic E-state index is 0.0152. The lowest BCUT2D eigenvalue weighted by Gasteiger charge is -2.39. The maximum absolute atomic E-state index is 13.1. The minimum Gasteiger partial charge on any atom is -0.353 e.